The second-order valence-electron chi connectivity index (χ2n) is 5.20. The number of anilines is 2. The Morgan fingerprint density at radius 2 is 1.40 bits per heavy atom. The molecule has 134 valence electrons. The van der Waals surface area contributed by atoms with Crippen LogP contribution in [0.15, 0.2) is 30.3 Å². The number of methoxy groups -OCH3 is 4. The second kappa shape index (κ2) is 8.14. The summed E-state index contributed by atoms with van der Waals surface area (Å²) >= 11 is 0. The molecule has 2 amide bonds. The van der Waals surface area contributed by atoms with Crippen LogP contribution in [0.3, 0.4) is 0 Å². The van der Waals surface area contributed by atoms with Gasteiger partial charge in [0, 0.05) is 12.1 Å². The summed E-state index contributed by atoms with van der Waals surface area (Å²) in [4.78, 5) is 12.3. The van der Waals surface area contributed by atoms with Crippen LogP contribution < -0.4 is 29.6 Å². The maximum absolute atomic E-state index is 12.3. The fourth-order valence-corrected chi connectivity index (χ4v) is 2.36. The number of ether oxygens (including phenoxy) is 4. The molecule has 0 aliphatic heterocycles. The predicted molar refractivity (Wildman–Crippen MR) is 96.5 cm³/mol. The van der Waals surface area contributed by atoms with Gasteiger partial charge in [0.1, 0.15) is 5.75 Å². The molecular formula is C18H22N2O5. The van der Waals surface area contributed by atoms with Crippen molar-refractivity contribution in [2.24, 2.45) is 0 Å². The van der Waals surface area contributed by atoms with Gasteiger partial charge in [-0.25, -0.2) is 4.79 Å². The monoisotopic (exact) mass is 346 g/mol. The number of rotatable bonds is 6. The number of nitrogens with one attached hydrogen (secondary N) is 2. The van der Waals surface area contributed by atoms with Crippen LogP contribution in [0.5, 0.6) is 23.0 Å². The molecule has 0 spiro atoms. The van der Waals surface area contributed by atoms with Crippen molar-refractivity contribution in [2.75, 3.05) is 39.1 Å². The molecule has 7 heteroatoms. The average molecular weight is 346 g/mol. The van der Waals surface area contributed by atoms with Crippen LogP contribution >= 0.6 is 0 Å². The Balaban J connectivity index is 2.22. The van der Waals surface area contributed by atoms with Crippen molar-refractivity contribution in [3.05, 3.63) is 35.9 Å². The highest BCUT2D eigenvalue weighted by Gasteiger charge is 2.15. The van der Waals surface area contributed by atoms with Gasteiger partial charge in [0.05, 0.1) is 39.8 Å². The first kappa shape index (κ1) is 18.3. The smallest absolute Gasteiger partial charge is 0.323 e. The molecule has 0 heterocycles. The molecule has 0 aliphatic rings. The molecule has 2 aromatic rings. The number of hydrogen-bond donors (Lipinski definition) is 2. The Kier molecular flexibility index (Phi) is 5.94. The van der Waals surface area contributed by atoms with E-state index in [2.05, 4.69) is 10.6 Å². The number of hydrogen-bond acceptors (Lipinski definition) is 5. The topological polar surface area (TPSA) is 78.1 Å². The molecule has 0 saturated carbocycles. The Morgan fingerprint density at radius 1 is 0.800 bits per heavy atom. The van der Waals surface area contributed by atoms with Gasteiger partial charge in [-0.05, 0) is 24.6 Å². The van der Waals surface area contributed by atoms with Crippen LogP contribution in [0.4, 0.5) is 16.2 Å². The van der Waals surface area contributed by atoms with Crippen LogP contribution in [0, 0.1) is 6.92 Å². The number of amides is 2. The minimum absolute atomic E-state index is 0.418. The molecule has 0 fully saturated rings. The van der Waals surface area contributed by atoms with Crippen molar-refractivity contribution in [1.82, 2.24) is 0 Å². The summed E-state index contributed by atoms with van der Waals surface area (Å²) in [5, 5.41) is 5.51. The molecule has 7 nitrogen and oxygen atoms in total. The van der Waals surface area contributed by atoms with Crippen molar-refractivity contribution < 1.29 is 23.7 Å². The number of urea groups is 1. The van der Waals surface area contributed by atoms with E-state index in [9.17, 15) is 4.79 Å². The molecule has 2 rings (SSSR count). The van der Waals surface area contributed by atoms with Crippen LogP contribution in [0.1, 0.15) is 5.56 Å². The highest BCUT2D eigenvalue weighted by atomic mass is 16.5. The minimum Gasteiger partial charge on any atom is -0.495 e. The molecule has 2 N–H and O–H groups in total. The summed E-state index contributed by atoms with van der Waals surface area (Å²) in [6.07, 6.45) is 0. The second-order valence-corrected chi connectivity index (χ2v) is 5.20. The molecule has 0 bridgehead atoms. The van der Waals surface area contributed by atoms with E-state index in [1.165, 1.54) is 21.3 Å². The van der Waals surface area contributed by atoms with Gasteiger partial charge in [0.25, 0.3) is 0 Å². The van der Waals surface area contributed by atoms with E-state index in [0.29, 0.717) is 34.4 Å². The van der Waals surface area contributed by atoms with Gasteiger partial charge >= 0.3 is 6.03 Å². The van der Waals surface area contributed by atoms with E-state index in [-0.39, 0.29) is 0 Å². The Labute approximate surface area is 146 Å². The van der Waals surface area contributed by atoms with E-state index in [1.807, 2.05) is 19.1 Å². The molecule has 0 aromatic heterocycles. The van der Waals surface area contributed by atoms with E-state index in [4.69, 9.17) is 18.9 Å². The summed E-state index contributed by atoms with van der Waals surface area (Å²) in [6.45, 7) is 1.93. The molecule has 25 heavy (non-hydrogen) atoms. The molecule has 0 radical (unpaired) electrons. The third-order valence-corrected chi connectivity index (χ3v) is 3.53. The Morgan fingerprint density at radius 3 is 1.92 bits per heavy atom. The Bertz CT molecular complexity index is 736. The molecular weight excluding hydrogens is 324 g/mol. The van der Waals surface area contributed by atoms with Crippen LogP contribution in [0.25, 0.3) is 0 Å². The first-order valence-corrected chi connectivity index (χ1v) is 7.55. The lowest BCUT2D eigenvalue weighted by Crippen LogP contribution is -2.20. The fraction of sp³-hybridized carbons (Fsp3) is 0.278. The standard InChI is InChI=1S/C18H22N2O5/c1-11-6-7-14(22-2)13(8-11)20-18(21)19-12-9-15(23-3)17(25-5)16(10-12)24-4/h6-10H,1-5H3,(H2,19,20,21). The van der Waals surface area contributed by atoms with E-state index >= 15 is 0 Å². The number of aryl methyl sites for hydroxylation is 1. The third kappa shape index (κ3) is 4.26. The maximum atomic E-state index is 12.3. The zero-order valence-corrected chi connectivity index (χ0v) is 14.9. The maximum Gasteiger partial charge on any atom is 0.323 e. The zero-order chi connectivity index (χ0) is 18.4. The molecule has 2 aromatic carbocycles. The van der Waals surface area contributed by atoms with E-state index in [1.54, 1.807) is 25.3 Å². The minimum atomic E-state index is -0.418. The highest BCUT2D eigenvalue weighted by molar-refractivity contribution is 6.01. The quantitative estimate of drug-likeness (QED) is 0.834. The van der Waals surface area contributed by atoms with Crippen molar-refractivity contribution in [2.45, 2.75) is 6.92 Å². The van der Waals surface area contributed by atoms with Crippen molar-refractivity contribution in [3.8, 4) is 23.0 Å². The zero-order valence-electron chi connectivity index (χ0n) is 14.9. The van der Waals surface area contributed by atoms with Gasteiger partial charge in [-0.15, -0.1) is 0 Å². The highest BCUT2D eigenvalue weighted by Crippen LogP contribution is 2.40. The molecule has 0 unspecified atom stereocenters. The van der Waals surface area contributed by atoms with Crippen LogP contribution in [-0.2, 0) is 0 Å². The molecule has 0 saturated heterocycles. The SMILES string of the molecule is COc1ccc(C)cc1NC(=O)Nc1cc(OC)c(OC)c(OC)c1. The summed E-state index contributed by atoms with van der Waals surface area (Å²) in [5.41, 5.74) is 2.08. The largest absolute Gasteiger partial charge is 0.495 e. The third-order valence-electron chi connectivity index (χ3n) is 3.53. The summed E-state index contributed by atoms with van der Waals surface area (Å²) in [7, 11) is 6.09. The first-order chi connectivity index (χ1) is 12.0. The number of benzene rings is 2. The lowest BCUT2D eigenvalue weighted by molar-refractivity contribution is 0.262. The summed E-state index contributed by atoms with van der Waals surface area (Å²) in [6, 6.07) is 8.40. The average Bonchev–Trinajstić information content (AvgIpc) is 2.60. The fourth-order valence-electron chi connectivity index (χ4n) is 2.36. The predicted octanol–water partition coefficient (Wildman–Crippen LogP) is 3.67. The van der Waals surface area contributed by atoms with Gasteiger partial charge in [-0.1, -0.05) is 6.07 Å². The number of carbonyl (C=O) groups is 1. The lowest BCUT2D eigenvalue weighted by atomic mass is 10.2. The van der Waals surface area contributed by atoms with Gasteiger partial charge in [0.15, 0.2) is 11.5 Å². The molecule has 0 aliphatic carbocycles. The van der Waals surface area contributed by atoms with Gasteiger partial charge in [-0.2, -0.15) is 0 Å². The summed E-state index contributed by atoms with van der Waals surface area (Å²) < 4.78 is 21.1. The van der Waals surface area contributed by atoms with E-state index < -0.39 is 6.03 Å². The van der Waals surface area contributed by atoms with E-state index in [0.717, 1.165) is 5.56 Å². The number of carbonyl (C=O) groups excluding carboxylic acids is 1. The molecule has 0 atom stereocenters. The van der Waals surface area contributed by atoms with Gasteiger partial charge in [0.2, 0.25) is 5.75 Å². The van der Waals surface area contributed by atoms with Crippen molar-refractivity contribution in [1.29, 1.82) is 0 Å². The van der Waals surface area contributed by atoms with Crippen molar-refractivity contribution >= 4 is 17.4 Å². The van der Waals surface area contributed by atoms with Crippen molar-refractivity contribution in [3.63, 3.8) is 0 Å². The summed E-state index contributed by atoms with van der Waals surface area (Å²) in [5.74, 6) is 1.93. The normalized spacial score (nSPS) is 9.96. The lowest BCUT2D eigenvalue weighted by Gasteiger charge is -2.15. The first-order valence-electron chi connectivity index (χ1n) is 7.55. The van der Waals surface area contributed by atoms with Gasteiger partial charge < -0.3 is 29.6 Å². The van der Waals surface area contributed by atoms with Gasteiger partial charge in [-0.3, -0.25) is 0 Å². The Hall–Kier alpha value is -3.09. The van der Waals surface area contributed by atoms with Crippen LogP contribution in [-0.4, -0.2) is 34.5 Å². The van der Waals surface area contributed by atoms with Crippen LogP contribution in [0.2, 0.25) is 0 Å².